The summed E-state index contributed by atoms with van der Waals surface area (Å²) in [5.74, 6) is -0.882. The van der Waals surface area contributed by atoms with Crippen molar-refractivity contribution >= 4 is 23.6 Å². The summed E-state index contributed by atoms with van der Waals surface area (Å²) in [5, 5.41) is 9.34. The standard InChI is InChI=1S/C9H11NO5S/c1-14-6-7(12)10-5(9(13)15-2)4(11)3-16-8(6)10/h6,8,11H,3H2,1-2H3/t6-,8?/m1/s1. The number of amides is 1. The van der Waals surface area contributed by atoms with Crippen LogP contribution >= 0.6 is 11.8 Å². The largest absolute Gasteiger partial charge is 0.509 e. The molecule has 2 rings (SSSR count). The van der Waals surface area contributed by atoms with Gasteiger partial charge in [0.2, 0.25) is 0 Å². The van der Waals surface area contributed by atoms with E-state index in [-0.39, 0.29) is 28.5 Å². The van der Waals surface area contributed by atoms with Crippen LogP contribution in [0.3, 0.4) is 0 Å². The fourth-order valence-electron chi connectivity index (χ4n) is 1.74. The lowest BCUT2D eigenvalue weighted by molar-refractivity contribution is -0.163. The van der Waals surface area contributed by atoms with Crippen LogP contribution in [-0.4, -0.2) is 53.3 Å². The zero-order valence-electron chi connectivity index (χ0n) is 8.80. The van der Waals surface area contributed by atoms with Crippen molar-refractivity contribution < 1.29 is 24.2 Å². The van der Waals surface area contributed by atoms with E-state index in [1.54, 1.807) is 0 Å². The number of methoxy groups -OCH3 is 2. The lowest BCUT2D eigenvalue weighted by Crippen LogP contribution is -2.65. The molecule has 2 aliphatic rings. The van der Waals surface area contributed by atoms with Crippen LogP contribution in [0.1, 0.15) is 0 Å². The summed E-state index contributed by atoms with van der Waals surface area (Å²) in [6.07, 6.45) is -0.544. The van der Waals surface area contributed by atoms with Crippen molar-refractivity contribution in [2.24, 2.45) is 0 Å². The summed E-state index contributed by atoms with van der Waals surface area (Å²) >= 11 is 1.35. The molecule has 2 heterocycles. The Labute approximate surface area is 96.2 Å². The van der Waals surface area contributed by atoms with Gasteiger partial charge < -0.3 is 14.6 Å². The maximum Gasteiger partial charge on any atom is 0.358 e. The molecule has 2 aliphatic heterocycles. The van der Waals surface area contributed by atoms with Gasteiger partial charge in [0.1, 0.15) is 11.1 Å². The summed E-state index contributed by atoms with van der Waals surface area (Å²) < 4.78 is 9.53. The summed E-state index contributed by atoms with van der Waals surface area (Å²) in [4.78, 5) is 24.3. The molecule has 1 N–H and O–H groups in total. The summed E-state index contributed by atoms with van der Waals surface area (Å²) in [6, 6.07) is 0. The molecule has 7 heteroatoms. The average Bonchev–Trinajstić information content (AvgIpc) is 2.29. The van der Waals surface area contributed by atoms with Crippen LogP contribution < -0.4 is 0 Å². The second kappa shape index (κ2) is 3.99. The Kier molecular flexibility index (Phi) is 2.81. The molecule has 0 aromatic rings. The molecule has 1 saturated heterocycles. The van der Waals surface area contributed by atoms with Crippen molar-refractivity contribution in [1.82, 2.24) is 4.90 Å². The molecule has 16 heavy (non-hydrogen) atoms. The number of fused-ring (bicyclic) bond motifs is 1. The van der Waals surface area contributed by atoms with Gasteiger partial charge in [-0.05, 0) is 0 Å². The van der Waals surface area contributed by atoms with Crippen molar-refractivity contribution in [3.8, 4) is 0 Å². The number of ether oxygens (including phenoxy) is 2. The van der Waals surface area contributed by atoms with Gasteiger partial charge in [-0.3, -0.25) is 9.69 Å². The fraction of sp³-hybridized carbons (Fsp3) is 0.556. The van der Waals surface area contributed by atoms with E-state index in [0.717, 1.165) is 0 Å². The molecular weight excluding hydrogens is 234 g/mol. The molecular formula is C9H11NO5S. The molecule has 0 saturated carbocycles. The number of hydrogen-bond donors (Lipinski definition) is 1. The molecule has 0 aromatic heterocycles. The third kappa shape index (κ3) is 1.39. The van der Waals surface area contributed by atoms with Gasteiger partial charge in [-0.2, -0.15) is 0 Å². The van der Waals surface area contributed by atoms with Crippen molar-refractivity contribution in [1.29, 1.82) is 0 Å². The SMILES string of the molecule is COC(=O)C1=C(O)CSC2[C@H](OC)C(=O)N12. The zero-order valence-corrected chi connectivity index (χ0v) is 9.61. The highest BCUT2D eigenvalue weighted by molar-refractivity contribution is 8.00. The third-order valence-corrected chi connectivity index (χ3v) is 3.77. The van der Waals surface area contributed by atoms with E-state index >= 15 is 0 Å². The summed E-state index contributed by atoms with van der Waals surface area (Å²) in [5.41, 5.74) is -0.0652. The van der Waals surface area contributed by atoms with Gasteiger partial charge in [-0.25, -0.2) is 4.79 Å². The number of rotatable bonds is 2. The minimum Gasteiger partial charge on any atom is -0.509 e. The van der Waals surface area contributed by atoms with Crippen molar-refractivity contribution in [2.75, 3.05) is 20.0 Å². The Bertz CT molecular complexity index is 380. The molecule has 6 nitrogen and oxygen atoms in total. The first-order valence-corrected chi connectivity index (χ1v) is 5.64. The minimum absolute atomic E-state index is 0.0652. The monoisotopic (exact) mass is 245 g/mol. The number of carbonyl (C=O) groups excluding carboxylic acids is 2. The minimum atomic E-state index is -0.703. The van der Waals surface area contributed by atoms with Gasteiger partial charge in [-0.15, -0.1) is 11.8 Å². The van der Waals surface area contributed by atoms with Crippen LogP contribution in [0.4, 0.5) is 0 Å². The van der Waals surface area contributed by atoms with Crippen molar-refractivity contribution in [2.45, 2.75) is 11.5 Å². The highest BCUT2D eigenvalue weighted by atomic mass is 32.2. The van der Waals surface area contributed by atoms with Gasteiger partial charge in [-0.1, -0.05) is 0 Å². The topological polar surface area (TPSA) is 76.1 Å². The van der Waals surface area contributed by atoms with E-state index in [1.807, 2.05) is 0 Å². The van der Waals surface area contributed by atoms with Crippen LogP contribution in [0.25, 0.3) is 0 Å². The Morgan fingerprint density at radius 3 is 2.81 bits per heavy atom. The van der Waals surface area contributed by atoms with Crippen LogP contribution in [0.2, 0.25) is 0 Å². The van der Waals surface area contributed by atoms with Gasteiger partial charge in [0, 0.05) is 7.11 Å². The third-order valence-electron chi connectivity index (χ3n) is 2.53. The van der Waals surface area contributed by atoms with Crippen LogP contribution in [-0.2, 0) is 19.1 Å². The van der Waals surface area contributed by atoms with Gasteiger partial charge in [0.05, 0.1) is 12.9 Å². The zero-order chi connectivity index (χ0) is 11.9. The number of nitrogens with zero attached hydrogens (tertiary/aromatic N) is 1. The van der Waals surface area contributed by atoms with Gasteiger partial charge >= 0.3 is 5.97 Å². The van der Waals surface area contributed by atoms with E-state index < -0.39 is 12.1 Å². The van der Waals surface area contributed by atoms with E-state index in [1.165, 1.54) is 30.9 Å². The molecule has 1 fully saturated rings. The highest BCUT2D eigenvalue weighted by Gasteiger charge is 2.54. The maximum absolute atomic E-state index is 11.6. The molecule has 0 aromatic carbocycles. The van der Waals surface area contributed by atoms with Gasteiger partial charge in [0.25, 0.3) is 5.91 Å². The first-order valence-electron chi connectivity index (χ1n) is 4.59. The molecule has 0 spiro atoms. The van der Waals surface area contributed by atoms with E-state index in [0.29, 0.717) is 0 Å². The smallest absolute Gasteiger partial charge is 0.358 e. The Morgan fingerprint density at radius 2 is 2.25 bits per heavy atom. The van der Waals surface area contributed by atoms with E-state index in [9.17, 15) is 14.7 Å². The first-order chi connectivity index (χ1) is 7.61. The first kappa shape index (κ1) is 11.3. The molecule has 2 atom stereocenters. The molecule has 0 aliphatic carbocycles. The lowest BCUT2D eigenvalue weighted by atomic mass is 10.1. The number of hydrogen-bond acceptors (Lipinski definition) is 6. The Morgan fingerprint density at radius 1 is 1.56 bits per heavy atom. The Hall–Kier alpha value is -1.21. The van der Waals surface area contributed by atoms with Crippen LogP contribution in [0, 0.1) is 0 Å². The lowest BCUT2D eigenvalue weighted by Gasteiger charge is -2.47. The van der Waals surface area contributed by atoms with Crippen molar-refractivity contribution in [3.63, 3.8) is 0 Å². The number of aliphatic hydroxyl groups excluding tert-OH is 1. The van der Waals surface area contributed by atoms with E-state index in [2.05, 4.69) is 4.74 Å². The van der Waals surface area contributed by atoms with Gasteiger partial charge in [0.15, 0.2) is 11.8 Å². The van der Waals surface area contributed by atoms with Crippen LogP contribution in [0.5, 0.6) is 0 Å². The highest BCUT2D eigenvalue weighted by Crippen LogP contribution is 2.40. The molecule has 0 radical (unpaired) electrons. The number of aliphatic hydroxyl groups is 1. The number of β-lactam (4-membered cyclic amide) rings is 1. The van der Waals surface area contributed by atoms with Crippen LogP contribution in [0.15, 0.2) is 11.5 Å². The fourth-order valence-corrected chi connectivity index (χ4v) is 2.96. The summed E-state index contributed by atoms with van der Waals surface area (Å²) in [7, 11) is 2.65. The molecule has 1 unspecified atom stereocenters. The molecule has 1 amide bonds. The van der Waals surface area contributed by atoms with Crippen molar-refractivity contribution in [3.05, 3.63) is 11.5 Å². The maximum atomic E-state index is 11.6. The average molecular weight is 245 g/mol. The number of thioether (sulfide) groups is 1. The quantitative estimate of drug-likeness (QED) is 0.539. The second-order valence-electron chi connectivity index (χ2n) is 3.35. The number of esters is 1. The number of carbonyl (C=O) groups is 2. The van der Waals surface area contributed by atoms with E-state index in [4.69, 9.17) is 4.74 Å². The molecule has 0 bridgehead atoms. The Balaban J connectivity index is 2.30. The molecule has 88 valence electrons. The predicted molar refractivity (Wildman–Crippen MR) is 55.6 cm³/mol. The normalized spacial score (nSPS) is 28.6. The second-order valence-corrected chi connectivity index (χ2v) is 4.46. The predicted octanol–water partition coefficient (Wildman–Crippen LogP) is -0.141. The summed E-state index contributed by atoms with van der Waals surface area (Å²) in [6.45, 7) is 0.